The lowest BCUT2D eigenvalue weighted by Gasteiger charge is -2.19. The second-order valence-electron chi connectivity index (χ2n) is 5.11. The molecule has 1 fully saturated rings. The normalized spacial score (nSPS) is 23.4. The van der Waals surface area contributed by atoms with Crippen molar-refractivity contribution < 1.29 is 9.90 Å². The number of carbonyl (C=O) groups is 1. The van der Waals surface area contributed by atoms with Gasteiger partial charge in [-0.2, -0.15) is 11.8 Å². The fourth-order valence-electron chi connectivity index (χ4n) is 2.26. The van der Waals surface area contributed by atoms with Gasteiger partial charge >= 0.3 is 0 Å². The van der Waals surface area contributed by atoms with Crippen LogP contribution in [0.5, 0.6) is 0 Å². The summed E-state index contributed by atoms with van der Waals surface area (Å²) in [5.74, 6) is 0.939. The van der Waals surface area contributed by atoms with Gasteiger partial charge in [0.2, 0.25) is 0 Å². The first-order valence-electron chi connectivity index (χ1n) is 6.11. The maximum Gasteiger partial charge on any atom is 0.253 e. The van der Waals surface area contributed by atoms with E-state index >= 15 is 0 Å². The first-order valence-corrected chi connectivity index (χ1v) is 7.51. The summed E-state index contributed by atoms with van der Waals surface area (Å²) in [6.07, 6.45) is 2.70. The highest BCUT2D eigenvalue weighted by Crippen LogP contribution is 2.22. The molecule has 98 valence electrons. The molecule has 1 unspecified atom stereocenters. The van der Waals surface area contributed by atoms with Crippen molar-refractivity contribution in [2.45, 2.75) is 24.7 Å². The van der Waals surface area contributed by atoms with Crippen LogP contribution in [0.2, 0.25) is 0 Å². The SMILES string of the molecule is CSCc1cccc(C(=O)N2CCC(C)(O)C2)c1. The maximum atomic E-state index is 12.3. The molecular formula is C14H19NO2S. The third kappa shape index (κ3) is 3.06. The molecule has 1 aliphatic heterocycles. The van der Waals surface area contributed by atoms with Crippen molar-refractivity contribution in [2.75, 3.05) is 19.3 Å². The van der Waals surface area contributed by atoms with E-state index in [1.54, 1.807) is 23.6 Å². The zero-order valence-corrected chi connectivity index (χ0v) is 11.7. The van der Waals surface area contributed by atoms with Crippen LogP contribution in [0, 0.1) is 0 Å². The monoisotopic (exact) mass is 265 g/mol. The summed E-state index contributed by atoms with van der Waals surface area (Å²) < 4.78 is 0. The maximum absolute atomic E-state index is 12.3. The van der Waals surface area contributed by atoms with Crippen molar-refractivity contribution in [3.8, 4) is 0 Å². The summed E-state index contributed by atoms with van der Waals surface area (Å²) in [5, 5.41) is 9.90. The molecule has 0 aliphatic carbocycles. The van der Waals surface area contributed by atoms with Gasteiger partial charge in [0.1, 0.15) is 0 Å². The molecule has 1 aliphatic rings. The van der Waals surface area contributed by atoms with Crippen LogP contribution in [0.15, 0.2) is 24.3 Å². The largest absolute Gasteiger partial charge is 0.388 e. The van der Waals surface area contributed by atoms with Crippen LogP contribution < -0.4 is 0 Å². The van der Waals surface area contributed by atoms with E-state index in [2.05, 4.69) is 0 Å². The highest BCUT2D eigenvalue weighted by atomic mass is 32.2. The van der Waals surface area contributed by atoms with Crippen LogP contribution in [0.1, 0.15) is 29.3 Å². The molecule has 1 saturated heterocycles. The summed E-state index contributed by atoms with van der Waals surface area (Å²) in [5.41, 5.74) is 1.16. The lowest BCUT2D eigenvalue weighted by molar-refractivity contribution is 0.0572. The number of β-amino-alcohol motifs (C(OH)–C–C–N with tert-alkyl or cyclic N) is 1. The summed E-state index contributed by atoms with van der Waals surface area (Å²) in [6.45, 7) is 2.85. The van der Waals surface area contributed by atoms with E-state index in [1.165, 1.54) is 5.56 Å². The van der Waals surface area contributed by atoms with E-state index in [0.29, 0.717) is 19.5 Å². The van der Waals surface area contributed by atoms with Gasteiger partial charge in [0.15, 0.2) is 0 Å². The number of aliphatic hydroxyl groups is 1. The number of thioether (sulfide) groups is 1. The molecular weight excluding hydrogens is 246 g/mol. The molecule has 0 aromatic heterocycles. The number of likely N-dealkylation sites (tertiary alicyclic amines) is 1. The number of carbonyl (C=O) groups excluding carboxylic acids is 1. The van der Waals surface area contributed by atoms with E-state index in [-0.39, 0.29) is 5.91 Å². The zero-order chi connectivity index (χ0) is 13.2. The molecule has 1 aromatic rings. The smallest absolute Gasteiger partial charge is 0.253 e. The van der Waals surface area contributed by atoms with Gasteiger partial charge in [0.05, 0.1) is 5.60 Å². The predicted molar refractivity (Wildman–Crippen MR) is 74.8 cm³/mol. The number of amides is 1. The van der Waals surface area contributed by atoms with E-state index in [0.717, 1.165) is 11.3 Å². The highest BCUT2D eigenvalue weighted by Gasteiger charge is 2.34. The molecule has 0 spiro atoms. The van der Waals surface area contributed by atoms with Gasteiger partial charge in [-0.1, -0.05) is 12.1 Å². The molecule has 2 rings (SSSR count). The minimum Gasteiger partial charge on any atom is -0.388 e. The van der Waals surface area contributed by atoms with Crippen molar-refractivity contribution in [1.29, 1.82) is 0 Å². The molecule has 4 heteroatoms. The predicted octanol–water partition coefficient (Wildman–Crippen LogP) is 2.15. The van der Waals surface area contributed by atoms with Crippen LogP contribution >= 0.6 is 11.8 Å². The standard InChI is InChI=1S/C14H19NO2S/c1-14(17)6-7-15(10-14)13(16)12-5-3-4-11(8-12)9-18-2/h3-5,8,17H,6-7,9-10H2,1-2H3. The summed E-state index contributed by atoms with van der Waals surface area (Å²) >= 11 is 1.74. The van der Waals surface area contributed by atoms with E-state index in [9.17, 15) is 9.90 Å². The molecule has 3 nitrogen and oxygen atoms in total. The zero-order valence-electron chi connectivity index (χ0n) is 10.8. The Labute approximate surface area is 112 Å². The van der Waals surface area contributed by atoms with Gasteiger partial charge < -0.3 is 10.0 Å². The number of benzene rings is 1. The molecule has 18 heavy (non-hydrogen) atoms. The fourth-order valence-corrected chi connectivity index (χ4v) is 2.77. The Morgan fingerprint density at radius 3 is 2.94 bits per heavy atom. The third-order valence-corrected chi connectivity index (χ3v) is 3.85. The number of nitrogens with zero attached hydrogens (tertiary/aromatic N) is 1. The molecule has 0 radical (unpaired) electrons. The third-order valence-electron chi connectivity index (χ3n) is 3.22. The molecule has 1 heterocycles. The Hall–Kier alpha value is -1.00. The lowest BCUT2D eigenvalue weighted by atomic mass is 10.1. The van der Waals surface area contributed by atoms with Crippen LogP contribution in [-0.2, 0) is 5.75 Å². The van der Waals surface area contributed by atoms with Gasteiger partial charge in [-0.15, -0.1) is 0 Å². The van der Waals surface area contributed by atoms with Crippen molar-refractivity contribution in [2.24, 2.45) is 0 Å². The molecule has 1 aromatic carbocycles. The average molecular weight is 265 g/mol. The average Bonchev–Trinajstić information content (AvgIpc) is 2.70. The Morgan fingerprint density at radius 1 is 1.56 bits per heavy atom. The van der Waals surface area contributed by atoms with Crippen molar-refractivity contribution in [3.05, 3.63) is 35.4 Å². The minimum atomic E-state index is -0.730. The molecule has 0 bridgehead atoms. The lowest BCUT2D eigenvalue weighted by Crippen LogP contribution is -2.33. The summed E-state index contributed by atoms with van der Waals surface area (Å²) in [7, 11) is 0. The van der Waals surface area contributed by atoms with Gasteiger partial charge in [0.25, 0.3) is 5.91 Å². The van der Waals surface area contributed by atoms with Gasteiger partial charge in [0, 0.05) is 24.4 Å². The summed E-state index contributed by atoms with van der Waals surface area (Å²) in [6, 6.07) is 7.76. The first-order chi connectivity index (χ1) is 8.52. The van der Waals surface area contributed by atoms with Crippen LogP contribution in [0.3, 0.4) is 0 Å². The topological polar surface area (TPSA) is 40.5 Å². The van der Waals surface area contributed by atoms with Crippen molar-refractivity contribution >= 4 is 17.7 Å². The Morgan fingerprint density at radius 2 is 2.33 bits per heavy atom. The molecule has 1 atom stereocenters. The number of hydrogen-bond donors (Lipinski definition) is 1. The number of hydrogen-bond acceptors (Lipinski definition) is 3. The van der Waals surface area contributed by atoms with Gasteiger partial charge in [-0.25, -0.2) is 0 Å². The Bertz CT molecular complexity index is 445. The van der Waals surface area contributed by atoms with E-state index < -0.39 is 5.60 Å². The highest BCUT2D eigenvalue weighted by molar-refractivity contribution is 7.97. The van der Waals surface area contributed by atoms with Crippen molar-refractivity contribution in [1.82, 2.24) is 4.90 Å². The van der Waals surface area contributed by atoms with Gasteiger partial charge in [-0.3, -0.25) is 4.79 Å². The van der Waals surface area contributed by atoms with Crippen LogP contribution in [-0.4, -0.2) is 40.9 Å². The number of rotatable bonds is 3. The Kier molecular flexibility index (Phi) is 3.97. The van der Waals surface area contributed by atoms with E-state index in [4.69, 9.17) is 0 Å². The fraction of sp³-hybridized carbons (Fsp3) is 0.500. The summed E-state index contributed by atoms with van der Waals surface area (Å²) in [4.78, 5) is 14.0. The quantitative estimate of drug-likeness (QED) is 0.910. The Balaban J connectivity index is 2.12. The second-order valence-corrected chi connectivity index (χ2v) is 5.97. The molecule has 1 N–H and O–H groups in total. The van der Waals surface area contributed by atoms with E-state index in [1.807, 2.05) is 30.5 Å². The van der Waals surface area contributed by atoms with Crippen molar-refractivity contribution in [3.63, 3.8) is 0 Å². The first kappa shape index (κ1) is 13.4. The second kappa shape index (κ2) is 5.33. The van der Waals surface area contributed by atoms with Gasteiger partial charge in [-0.05, 0) is 37.3 Å². The van der Waals surface area contributed by atoms with Crippen LogP contribution in [0.4, 0.5) is 0 Å². The minimum absolute atomic E-state index is 0.0238. The molecule has 0 saturated carbocycles. The molecule has 1 amide bonds. The van der Waals surface area contributed by atoms with Crippen LogP contribution in [0.25, 0.3) is 0 Å².